The number of rotatable bonds is 4. The molecule has 1 atom stereocenters. The molecule has 6 heteroatoms. The van der Waals surface area contributed by atoms with Crippen LogP contribution in [-0.4, -0.2) is 15.9 Å². The number of halogens is 1. The number of benzene rings is 1. The fraction of sp³-hybridized carbons (Fsp3) is 0.167. The monoisotopic (exact) mass is 357 g/mol. The molecule has 1 aromatic carbocycles. The number of carbonyl (C=O) groups excluding carboxylic acids is 1. The highest BCUT2D eigenvalue weighted by molar-refractivity contribution is 7.17. The lowest BCUT2D eigenvalue weighted by atomic mass is 10.1. The number of hydrogen-bond donors (Lipinski definition) is 1. The Morgan fingerprint density at radius 1 is 1.25 bits per heavy atom. The van der Waals surface area contributed by atoms with Crippen molar-refractivity contribution < 1.29 is 4.79 Å². The third-order valence-electron chi connectivity index (χ3n) is 3.58. The molecular formula is C18H16ClN3OS. The minimum Gasteiger partial charge on any atom is -0.345 e. The van der Waals surface area contributed by atoms with Crippen molar-refractivity contribution in [3.63, 3.8) is 0 Å². The fourth-order valence-electron chi connectivity index (χ4n) is 2.33. The van der Waals surface area contributed by atoms with Gasteiger partial charge in [-0.1, -0.05) is 29.8 Å². The summed E-state index contributed by atoms with van der Waals surface area (Å²) in [5.74, 6) is -0.139. The van der Waals surface area contributed by atoms with E-state index in [1.165, 1.54) is 11.3 Å². The van der Waals surface area contributed by atoms with Crippen LogP contribution in [0.2, 0.25) is 5.02 Å². The molecule has 0 saturated carbocycles. The first kappa shape index (κ1) is 16.6. The van der Waals surface area contributed by atoms with Gasteiger partial charge in [0.15, 0.2) is 0 Å². The van der Waals surface area contributed by atoms with E-state index in [4.69, 9.17) is 11.6 Å². The van der Waals surface area contributed by atoms with Gasteiger partial charge in [-0.3, -0.25) is 9.78 Å². The second-order valence-corrected chi connectivity index (χ2v) is 6.83. The maximum atomic E-state index is 12.6. The minimum absolute atomic E-state index is 0.139. The largest absolute Gasteiger partial charge is 0.345 e. The van der Waals surface area contributed by atoms with Crippen LogP contribution in [0.15, 0.2) is 48.7 Å². The predicted molar refractivity (Wildman–Crippen MR) is 97.4 cm³/mol. The summed E-state index contributed by atoms with van der Waals surface area (Å²) in [5, 5.41) is 4.39. The number of pyridine rings is 1. The van der Waals surface area contributed by atoms with Gasteiger partial charge < -0.3 is 5.32 Å². The Labute approximate surface area is 149 Å². The van der Waals surface area contributed by atoms with Crippen LogP contribution in [0.5, 0.6) is 0 Å². The third kappa shape index (κ3) is 3.63. The number of carbonyl (C=O) groups is 1. The van der Waals surface area contributed by atoms with Crippen LogP contribution < -0.4 is 5.32 Å². The van der Waals surface area contributed by atoms with E-state index < -0.39 is 0 Å². The Hall–Kier alpha value is -2.24. The zero-order valence-electron chi connectivity index (χ0n) is 13.3. The van der Waals surface area contributed by atoms with E-state index in [-0.39, 0.29) is 11.9 Å². The van der Waals surface area contributed by atoms with Gasteiger partial charge in [-0.05, 0) is 43.7 Å². The molecule has 1 unspecified atom stereocenters. The van der Waals surface area contributed by atoms with Gasteiger partial charge >= 0.3 is 0 Å². The van der Waals surface area contributed by atoms with Crippen LogP contribution in [0.4, 0.5) is 0 Å². The molecule has 1 N–H and O–H groups in total. The van der Waals surface area contributed by atoms with E-state index in [0.29, 0.717) is 15.6 Å². The van der Waals surface area contributed by atoms with Crippen molar-refractivity contribution in [2.45, 2.75) is 19.9 Å². The van der Waals surface area contributed by atoms with Crippen LogP contribution in [0.1, 0.15) is 33.9 Å². The van der Waals surface area contributed by atoms with Crippen molar-refractivity contribution in [3.05, 3.63) is 69.8 Å². The summed E-state index contributed by atoms with van der Waals surface area (Å²) >= 11 is 7.36. The van der Waals surface area contributed by atoms with Gasteiger partial charge in [0.05, 0.1) is 17.4 Å². The van der Waals surface area contributed by atoms with Crippen molar-refractivity contribution >= 4 is 28.8 Å². The molecule has 3 rings (SSSR count). The minimum atomic E-state index is -0.143. The summed E-state index contributed by atoms with van der Waals surface area (Å²) in [6, 6.07) is 13.0. The van der Waals surface area contributed by atoms with Gasteiger partial charge in [0.2, 0.25) is 0 Å². The second-order valence-electron chi connectivity index (χ2n) is 5.40. The van der Waals surface area contributed by atoms with Gasteiger partial charge in [-0.15, -0.1) is 11.3 Å². The van der Waals surface area contributed by atoms with Crippen molar-refractivity contribution in [1.82, 2.24) is 15.3 Å². The molecule has 2 heterocycles. The molecule has 122 valence electrons. The molecule has 0 aliphatic carbocycles. The number of thiazole rings is 1. The molecule has 3 aromatic rings. The summed E-state index contributed by atoms with van der Waals surface area (Å²) in [5.41, 5.74) is 2.44. The van der Waals surface area contributed by atoms with Crippen molar-refractivity contribution in [2.24, 2.45) is 0 Å². The molecule has 0 spiro atoms. The average molecular weight is 358 g/mol. The van der Waals surface area contributed by atoms with Crippen LogP contribution >= 0.6 is 22.9 Å². The predicted octanol–water partition coefficient (Wildman–Crippen LogP) is 4.66. The Bertz CT molecular complexity index is 864. The van der Waals surface area contributed by atoms with E-state index in [9.17, 15) is 4.79 Å². The highest BCUT2D eigenvalue weighted by atomic mass is 35.5. The lowest BCUT2D eigenvalue weighted by Gasteiger charge is -2.14. The van der Waals surface area contributed by atoms with Crippen LogP contribution in [0.25, 0.3) is 10.7 Å². The summed E-state index contributed by atoms with van der Waals surface area (Å²) in [6.07, 6.45) is 1.72. The molecule has 0 radical (unpaired) electrons. The smallest absolute Gasteiger partial charge is 0.263 e. The molecule has 0 fully saturated rings. The lowest BCUT2D eigenvalue weighted by molar-refractivity contribution is 0.0943. The highest BCUT2D eigenvalue weighted by Crippen LogP contribution is 2.27. The third-order valence-corrected chi connectivity index (χ3v) is 5.00. The first-order valence-electron chi connectivity index (χ1n) is 7.50. The molecule has 2 aromatic heterocycles. The van der Waals surface area contributed by atoms with E-state index in [0.717, 1.165) is 16.3 Å². The zero-order valence-corrected chi connectivity index (χ0v) is 14.9. The van der Waals surface area contributed by atoms with E-state index in [2.05, 4.69) is 15.3 Å². The Balaban J connectivity index is 1.79. The Morgan fingerprint density at radius 3 is 2.79 bits per heavy atom. The quantitative estimate of drug-likeness (QED) is 0.738. The molecule has 24 heavy (non-hydrogen) atoms. The topological polar surface area (TPSA) is 54.9 Å². The zero-order chi connectivity index (χ0) is 17.1. The lowest BCUT2D eigenvalue weighted by Crippen LogP contribution is -2.26. The number of nitrogens with one attached hydrogen (secondary N) is 1. The maximum Gasteiger partial charge on any atom is 0.263 e. The summed E-state index contributed by atoms with van der Waals surface area (Å²) in [7, 11) is 0. The average Bonchev–Trinajstić information content (AvgIpc) is 2.97. The second kappa shape index (κ2) is 7.11. The van der Waals surface area contributed by atoms with Gasteiger partial charge in [-0.2, -0.15) is 0 Å². The molecule has 0 aliphatic rings. The van der Waals surface area contributed by atoms with Crippen molar-refractivity contribution in [1.29, 1.82) is 0 Å². The molecule has 4 nitrogen and oxygen atoms in total. The van der Waals surface area contributed by atoms with Gasteiger partial charge in [0, 0.05) is 11.2 Å². The van der Waals surface area contributed by atoms with E-state index in [1.54, 1.807) is 6.20 Å². The summed E-state index contributed by atoms with van der Waals surface area (Å²) in [6.45, 7) is 3.77. The summed E-state index contributed by atoms with van der Waals surface area (Å²) in [4.78, 5) is 21.9. The highest BCUT2D eigenvalue weighted by Gasteiger charge is 2.19. The van der Waals surface area contributed by atoms with Crippen LogP contribution in [0, 0.1) is 6.92 Å². The van der Waals surface area contributed by atoms with Gasteiger partial charge in [0.1, 0.15) is 9.88 Å². The van der Waals surface area contributed by atoms with Gasteiger partial charge in [0.25, 0.3) is 5.91 Å². The Kier molecular flexibility index (Phi) is 4.92. The normalized spacial score (nSPS) is 12.0. The standard InChI is InChI=1S/C18H16ClN3OS/c1-11(13-6-5-7-14(19)10-13)21-17(23)16-12(2)22-18(24-16)15-8-3-4-9-20-15/h3-11H,1-2H3,(H,21,23). The molecule has 0 bridgehead atoms. The number of aromatic nitrogens is 2. The molecular weight excluding hydrogens is 342 g/mol. The first-order valence-corrected chi connectivity index (χ1v) is 8.69. The van der Waals surface area contributed by atoms with Crippen molar-refractivity contribution in [2.75, 3.05) is 0 Å². The Morgan fingerprint density at radius 2 is 2.08 bits per heavy atom. The first-order chi connectivity index (χ1) is 11.5. The number of amides is 1. The number of aryl methyl sites for hydroxylation is 1. The fourth-order valence-corrected chi connectivity index (χ4v) is 3.47. The molecule has 1 amide bonds. The van der Waals surface area contributed by atoms with E-state index >= 15 is 0 Å². The molecule has 0 saturated heterocycles. The van der Waals surface area contributed by atoms with Gasteiger partial charge in [-0.25, -0.2) is 4.98 Å². The van der Waals surface area contributed by atoms with Crippen molar-refractivity contribution in [3.8, 4) is 10.7 Å². The summed E-state index contributed by atoms with van der Waals surface area (Å²) < 4.78 is 0. The van der Waals surface area contributed by atoms with E-state index in [1.807, 2.05) is 56.3 Å². The van der Waals surface area contributed by atoms with Crippen LogP contribution in [-0.2, 0) is 0 Å². The maximum absolute atomic E-state index is 12.6. The van der Waals surface area contributed by atoms with Crippen LogP contribution in [0.3, 0.4) is 0 Å². The SMILES string of the molecule is Cc1nc(-c2ccccn2)sc1C(=O)NC(C)c1cccc(Cl)c1. The number of nitrogens with zero attached hydrogens (tertiary/aromatic N) is 2. The number of hydrogen-bond acceptors (Lipinski definition) is 4. The molecule has 0 aliphatic heterocycles.